The third-order valence-electron chi connectivity index (χ3n) is 10.9. The molecule has 0 fully saturated rings. The van der Waals surface area contributed by atoms with Gasteiger partial charge in [0.05, 0.1) is 0 Å². The van der Waals surface area contributed by atoms with Crippen molar-refractivity contribution in [1.82, 2.24) is 4.98 Å². The van der Waals surface area contributed by atoms with Crippen LogP contribution >= 0.6 is 7.14 Å². The summed E-state index contributed by atoms with van der Waals surface area (Å²) in [5.41, 5.74) is 4.75. The molecule has 256 valence electrons. The second kappa shape index (κ2) is 13.2. The van der Waals surface area contributed by atoms with E-state index in [9.17, 15) is 0 Å². The Morgan fingerprint density at radius 3 is 1.81 bits per heavy atom. The lowest BCUT2D eigenvalue weighted by Crippen LogP contribution is -2.25. The Bertz CT molecular complexity index is 3010. The number of H-pyrrole nitrogens is 1. The summed E-state index contributed by atoms with van der Waals surface area (Å²) in [5, 5.41) is 14.8. The average Bonchev–Trinajstić information content (AvgIpc) is 3.61. The molecule has 0 aliphatic carbocycles. The van der Waals surface area contributed by atoms with Crippen molar-refractivity contribution in [2.24, 2.45) is 0 Å². The summed E-state index contributed by atoms with van der Waals surface area (Å²) in [4.78, 5) is 3.72. The quantitative estimate of drug-likeness (QED) is 0.141. The Kier molecular flexibility index (Phi) is 8.22. The summed E-state index contributed by atoms with van der Waals surface area (Å²) in [6, 6.07) is 62.0. The summed E-state index contributed by atoms with van der Waals surface area (Å²) in [6.45, 7) is 6.27. The zero-order chi connectivity index (χ0) is 36.1. The molecule has 1 N–H and O–H groups in total. The third kappa shape index (κ3) is 5.45. The maximum Gasteiger partial charge on any atom is 0.171 e. The Hall–Kier alpha value is -5.95. The van der Waals surface area contributed by atoms with Crippen molar-refractivity contribution in [3.8, 4) is 0 Å². The fourth-order valence-electron chi connectivity index (χ4n) is 8.13. The number of rotatable bonds is 5. The van der Waals surface area contributed by atoms with Gasteiger partial charge in [0.25, 0.3) is 0 Å². The van der Waals surface area contributed by atoms with Crippen LogP contribution in [0.4, 0.5) is 0 Å². The van der Waals surface area contributed by atoms with Crippen LogP contribution in [-0.4, -0.2) is 4.98 Å². The van der Waals surface area contributed by atoms with E-state index in [1.165, 1.54) is 54.2 Å². The lowest BCUT2D eigenvalue weighted by atomic mass is 9.90. The van der Waals surface area contributed by atoms with Crippen LogP contribution < -0.4 is 15.9 Å². The molecule has 0 aliphatic heterocycles. The van der Waals surface area contributed by atoms with Crippen LogP contribution in [0.1, 0.15) is 37.8 Å². The first-order valence-electron chi connectivity index (χ1n) is 18.6. The molecule has 0 amide bonds. The van der Waals surface area contributed by atoms with Crippen molar-refractivity contribution in [1.29, 1.82) is 0 Å². The molecule has 10 rings (SSSR count). The molecule has 9 aromatic carbocycles. The largest absolute Gasteiger partial charge is 0.354 e. The van der Waals surface area contributed by atoms with Gasteiger partial charge in [0, 0.05) is 43.6 Å². The molecule has 53 heavy (non-hydrogen) atoms. The van der Waals surface area contributed by atoms with E-state index in [4.69, 9.17) is 0 Å². The monoisotopic (exact) mass is 701 g/mol. The fraction of sp³-hybridized carbons (Fsp3) is 0.0800. The van der Waals surface area contributed by atoms with E-state index in [-0.39, 0.29) is 5.92 Å². The molecule has 0 saturated heterocycles. The molecule has 2 atom stereocenters. The summed E-state index contributed by atoms with van der Waals surface area (Å²) >= 11 is 0. The topological polar surface area (TPSA) is 32.9 Å². The summed E-state index contributed by atoms with van der Waals surface area (Å²) < 4.78 is 15.3. The van der Waals surface area contributed by atoms with Crippen molar-refractivity contribution in [2.75, 3.05) is 0 Å². The van der Waals surface area contributed by atoms with Gasteiger partial charge in [0.2, 0.25) is 0 Å². The molecule has 0 spiro atoms. The van der Waals surface area contributed by atoms with Gasteiger partial charge in [-0.25, -0.2) is 0 Å². The molecule has 1 heterocycles. The van der Waals surface area contributed by atoms with E-state index in [1.54, 1.807) is 0 Å². The lowest BCUT2D eigenvalue weighted by Gasteiger charge is -2.21. The van der Waals surface area contributed by atoms with E-state index in [0.717, 1.165) is 37.7 Å². The maximum atomic E-state index is 15.3. The highest BCUT2D eigenvalue weighted by atomic mass is 31.2. The first-order valence-corrected chi connectivity index (χ1v) is 20.3. The van der Waals surface area contributed by atoms with Gasteiger partial charge >= 0.3 is 0 Å². The van der Waals surface area contributed by atoms with Gasteiger partial charge in [-0.1, -0.05) is 166 Å². The van der Waals surface area contributed by atoms with Crippen LogP contribution in [0.5, 0.6) is 0 Å². The van der Waals surface area contributed by atoms with Gasteiger partial charge in [-0.2, -0.15) is 0 Å². The van der Waals surface area contributed by atoms with E-state index in [2.05, 4.69) is 139 Å². The second-order valence-electron chi connectivity index (χ2n) is 13.8. The summed E-state index contributed by atoms with van der Waals surface area (Å²) in [7, 11) is -3.12. The molecular weight excluding hydrogens is 662 g/mol. The second-order valence-corrected chi connectivity index (χ2v) is 16.6. The molecule has 0 bridgehead atoms. The van der Waals surface area contributed by atoms with Crippen LogP contribution in [-0.2, 0) is 4.57 Å². The number of benzene rings is 9. The van der Waals surface area contributed by atoms with Crippen molar-refractivity contribution in [3.05, 3.63) is 187 Å². The number of nitrogens with one attached hydrogen (secondary N) is 1. The van der Waals surface area contributed by atoms with Crippen LogP contribution in [0.2, 0.25) is 0 Å². The predicted octanol–water partition coefficient (Wildman–Crippen LogP) is 12.8. The molecule has 10 aromatic rings. The Balaban J connectivity index is 0.00000183. The van der Waals surface area contributed by atoms with Gasteiger partial charge in [0.1, 0.15) is 0 Å². The van der Waals surface area contributed by atoms with Crippen molar-refractivity contribution >= 4 is 88.0 Å². The number of aromatic nitrogens is 1. The van der Waals surface area contributed by atoms with E-state index >= 15 is 4.57 Å². The maximum absolute atomic E-state index is 15.3. The SMILES string of the molecule is CC.CC(c1ccc(P(=O)(c2ccccc2)c2ccc3ccccc3c2)cc1)c1ccc2ccc3[nH]c4cc5ccc6ccccc6c5cc4c3c2c1. The molecule has 0 radical (unpaired) electrons. The average molecular weight is 702 g/mol. The zero-order valence-corrected chi connectivity index (χ0v) is 31.1. The number of fused-ring (bicyclic) bond motifs is 9. The minimum absolute atomic E-state index is 0.144. The summed E-state index contributed by atoms with van der Waals surface area (Å²) in [6.07, 6.45) is 0. The first kappa shape index (κ1) is 32.9. The molecule has 0 aliphatic rings. The van der Waals surface area contributed by atoms with Gasteiger partial charge in [-0.05, 0) is 84.5 Å². The molecule has 3 heteroatoms. The Morgan fingerprint density at radius 2 is 1.00 bits per heavy atom. The number of hydrogen-bond acceptors (Lipinski definition) is 1. The molecule has 0 saturated carbocycles. The molecule has 2 nitrogen and oxygen atoms in total. The smallest absolute Gasteiger partial charge is 0.171 e. The predicted molar refractivity (Wildman–Crippen MR) is 231 cm³/mol. The highest BCUT2D eigenvalue weighted by Gasteiger charge is 2.30. The number of hydrogen-bond donors (Lipinski definition) is 1. The van der Waals surface area contributed by atoms with Crippen LogP contribution in [0.15, 0.2) is 176 Å². The van der Waals surface area contributed by atoms with Gasteiger partial charge in [0.15, 0.2) is 7.14 Å². The van der Waals surface area contributed by atoms with E-state index < -0.39 is 7.14 Å². The minimum atomic E-state index is -3.12. The minimum Gasteiger partial charge on any atom is -0.354 e. The van der Waals surface area contributed by atoms with Crippen LogP contribution in [0, 0.1) is 0 Å². The van der Waals surface area contributed by atoms with E-state index in [0.29, 0.717) is 0 Å². The van der Waals surface area contributed by atoms with Crippen LogP contribution in [0.25, 0.3) is 64.9 Å². The highest BCUT2D eigenvalue weighted by Crippen LogP contribution is 2.44. The number of aromatic amines is 1. The molecule has 1 aromatic heterocycles. The normalized spacial score (nSPS) is 13.3. The van der Waals surface area contributed by atoms with Crippen LogP contribution in [0.3, 0.4) is 0 Å². The third-order valence-corrected chi connectivity index (χ3v) is 14.0. The molecule has 2 unspecified atom stereocenters. The first-order chi connectivity index (χ1) is 26.0. The van der Waals surface area contributed by atoms with Gasteiger partial charge in [-0.15, -0.1) is 0 Å². The highest BCUT2D eigenvalue weighted by molar-refractivity contribution is 7.85. The van der Waals surface area contributed by atoms with Crippen molar-refractivity contribution in [2.45, 2.75) is 26.7 Å². The standard InChI is InChI=1S/C48H34NOP.C2H6/c1-31(32-19-23-40(24-20-32)51(50,39-12-3-2-4-13-39)41-25-21-33-9-5-6-11-37(33)27-41)36-17-15-35-22-26-46-48(44(35)28-36)45-30-43-38(29-47(45)49-46)18-16-34-10-7-8-14-42(34)43;1-2/h2-31,49H,1H3;1-2H3. The Morgan fingerprint density at radius 1 is 0.415 bits per heavy atom. The van der Waals surface area contributed by atoms with Crippen molar-refractivity contribution < 1.29 is 4.57 Å². The molecular formula is C50H40NOP. The Labute approximate surface area is 310 Å². The van der Waals surface area contributed by atoms with Gasteiger partial charge < -0.3 is 9.55 Å². The fourth-order valence-corrected chi connectivity index (χ4v) is 10.8. The zero-order valence-electron chi connectivity index (χ0n) is 30.2. The van der Waals surface area contributed by atoms with E-state index in [1.807, 2.05) is 62.4 Å². The van der Waals surface area contributed by atoms with Gasteiger partial charge in [-0.3, -0.25) is 0 Å². The lowest BCUT2D eigenvalue weighted by molar-refractivity contribution is 0.592. The van der Waals surface area contributed by atoms with Crippen molar-refractivity contribution in [3.63, 3.8) is 0 Å². The summed E-state index contributed by atoms with van der Waals surface area (Å²) in [5.74, 6) is 0.144.